The lowest BCUT2D eigenvalue weighted by Gasteiger charge is -2.23. The van der Waals surface area contributed by atoms with Crippen LogP contribution in [0.25, 0.3) is 0 Å². The average Bonchev–Trinajstić information content (AvgIpc) is 2.96. The summed E-state index contributed by atoms with van der Waals surface area (Å²) in [6.07, 6.45) is 1.36. The third kappa shape index (κ3) is 3.32. The molecule has 1 aliphatic heterocycles. The highest BCUT2D eigenvalue weighted by Crippen LogP contribution is 2.32. The van der Waals surface area contributed by atoms with Crippen LogP contribution < -0.4 is 10.2 Å². The molecular weight excluding hydrogens is 300 g/mol. The second-order valence-corrected chi connectivity index (χ2v) is 6.26. The first-order valence-electron chi connectivity index (χ1n) is 8.27. The highest BCUT2D eigenvalue weighted by Gasteiger charge is 2.36. The molecule has 1 heterocycles. The highest BCUT2D eigenvalue weighted by atomic mass is 16.2. The van der Waals surface area contributed by atoms with Crippen molar-refractivity contribution in [2.75, 3.05) is 11.4 Å². The second kappa shape index (κ2) is 6.87. The highest BCUT2D eigenvalue weighted by molar-refractivity contribution is 6.02. The molecule has 4 nitrogen and oxygen atoms in total. The first kappa shape index (κ1) is 16.2. The van der Waals surface area contributed by atoms with Crippen LogP contribution in [0, 0.1) is 6.92 Å². The minimum absolute atomic E-state index is 0.0893. The average molecular weight is 322 g/mol. The lowest BCUT2D eigenvalue weighted by Crippen LogP contribution is -2.47. The Bertz CT molecular complexity index is 752. The Morgan fingerprint density at radius 3 is 2.54 bits per heavy atom. The van der Waals surface area contributed by atoms with E-state index in [4.69, 9.17) is 0 Å². The van der Waals surface area contributed by atoms with Crippen molar-refractivity contribution in [2.45, 2.75) is 32.7 Å². The van der Waals surface area contributed by atoms with E-state index in [2.05, 4.69) is 36.5 Å². The normalized spacial score (nSPS) is 15.9. The van der Waals surface area contributed by atoms with Gasteiger partial charge in [-0.25, -0.2) is 0 Å². The number of anilines is 1. The third-order valence-corrected chi connectivity index (χ3v) is 4.45. The van der Waals surface area contributed by atoms with Gasteiger partial charge in [0.25, 0.3) is 0 Å². The topological polar surface area (TPSA) is 49.4 Å². The number of carbonyl (C=O) groups is 2. The molecule has 1 unspecified atom stereocenters. The quantitative estimate of drug-likeness (QED) is 0.941. The summed E-state index contributed by atoms with van der Waals surface area (Å²) < 4.78 is 0. The van der Waals surface area contributed by atoms with Crippen LogP contribution in [0.15, 0.2) is 48.5 Å². The fourth-order valence-corrected chi connectivity index (χ4v) is 3.19. The molecule has 1 atom stereocenters. The zero-order valence-electron chi connectivity index (χ0n) is 14.1. The van der Waals surface area contributed by atoms with E-state index in [1.165, 1.54) is 18.1 Å². The maximum atomic E-state index is 12.6. The van der Waals surface area contributed by atoms with Crippen molar-refractivity contribution in [1.29, 1.82) is 0 Å². The number of carbonyl (C=O) groups excluding carboxylic acids is 2. The minimum Gasteiger partial charge on any atom is -0.354 e. The van der Waals surface area contributed by atoms with Crippen LogP contribution in [0.3, 0.4) is 0 Å². The van der Waals surface area contributed by atoms with Gasteiger partial charge >= 0.3 is 0 Å². The molecule has 4 heteroatoms. The van der Waals surface area contributed by atoms with Crippen LogP contribution >= 0.6 is 0 Å². The molecule has 2 amide bonds. The number of para-hydroxylation sites is 1. The van der Waals surface area contributed by atoms with Crippen molar-refractivity contribution in [3.63, 3.8) is 0 Å². The zero-order chi connectivity index (χ0) is 17.1. The molecule has 24 heavy (non-hydrogen) atoms. The molecule has 2 aromatic carbocycles. The first-order chi connectivity index (χ1) is 11.6. The van der Waals surface area contributed by atoms with Crippen molar-refractivity contribution in [3.8, 4) is 0 Å². The van der Waals surface area contributed by atoms with E-state index in [1.54, 1.807) is 4.90 Å². The monoisotopic (exact) mass is 322 g/mol. The maximum Gasteiger partial charge on any atom is 0.243 e. The number of nitrogens with one attached hydrogen (secondary N) is 1. The number of hydrogen-bond donors (Lipinski definition) is 1. The van der Waals surface area contributed by atoms with Crippen LogP contribution in [0.2, 0.25) is 0 Å². The lowest BCUT2D eigenvalue weighted by atomic mass is 10.1. The number of nitrogens with zero attached hydrogens (tertiary/aromatic N) is 1. The minimum atomic E-state index is -0.446. The summed E-state index contributed by atoms with van der Waals surface area (Å²) >= 11 is 0. The molecule has 2 aromatic rings. The van der Waals surface area contributed by atoms with Crippen LogP contribution in [-0.4, -0.2) is 24.4 Å². The van der Waals surface area contributed by atoms with Crippen LogP contribution in [0.4, 0.5) is 5.69 Å². The van der Waals surface area contributed by atoms with Gasteiger partial charge in [-0.05, 0) is 30.5 Å². The largest absolute Gasteiger partial charge is 0.354 e. The van der Waals surface area contributed by atoms with Gasteiger partial charge < -0.3 is 5.32 Å². The molecule has 0 bridgehead atoms. The van der Waals surface area contributed by atoms with E-state index in [-0.39, 0.29) is 11.8 Å². The fourth-order valence-electron chi connectivity index (χ4n) is 3.19. The lowest BCUT2D eigenvalue weighted by molar-refractivity contribution is -0.125. The molecule has 3 rings (SSSR count). The summed E-state index contributed by atoms with van der Waals surface area (Å²) in [6.45, 7) is 4.13. The van der Waals surface area contributed by atoms with E-state index in [1.807, 2.05) is 24.3 Å². The Kier molecular flexibility index (Phi) is 4.65. The SMILES string of the molecule is CC(=O)N1c2ccccc2CC1C(=O)NCCc1ccc(C)cc1. The summed E-state index contributed by atoms with van der Waals surface area (Å²) in [4.78, 5) is 26.2. The van der Waals surface area contributed by atoms with Gasteiger partial charge in [0.2, 0.25) is 11.8 Å². The number of amides is 2. The number of fused-ring (bicyclic) bond motifs is 1. The van der Waals surface area contributed by atoms with Gasteiger partial charge in [0.1, 0.15) is 6.04 Å². The number of hydrogen-bond acceptors (Lipinski definition) is 2. The standard InChI is InChI=1S/C20H22N2O2/c1-14-7-9-16(10-8-14)11-12-21-20(24)19-13-17-5-3-4-6-18(17)22(19)15(2)23/h3-10,19H,11-13H2,1-2H3,(H,21,24). The summed E-state index contributed by atoms with van der Waals surface area (Å²) in [5.41, 5.74) is 4.32. The van der Waals surface area contributed by atoms with Crippen LogP contribution in [-0.2, 0) is 22.4 Å². The van der Waals surface area contributed by atoms with E-state index >= 15 is 0 Å². The Balaban J connectivity index is 1.62. The number of rotatable bonds is 4. The van der Waals surface area contributed by atoms with Gasteiger partial charge in [0, 0.05) is 25.6 Å². The molecule has 0 aliphatic carbocycles. The zero-order valence-corrected chi connectivity index (χ0v) is 14.1. The molecule has 1 aliphatic rings. The molecule has 0 spiro atoms. The first-order valence-corrected chi connectivity index (χ1v) is 8.27. The smallest absolute Gasteiger partial charge is 0.243 e. The fraction of sp³-hybridized carbons (Fsp3) is 0.300. The molecule has 1 N–H and O–H groups in total. The van der Waals surface area contributed by atoms with E-state index < -0.39 is 6.04 Å². The predicted molar refractivity (Wildman–Crippen MR) is 95.0 cm³/mol. The molecular formula is C20H22N2O2. The third-order valence-electron chi connectivity index (χ3n) is 4.45. The number of aryl methyl sites for hydroxylation is 1. The second-order valence-electron chi connectivity index (χ2n) is 6.26. The summed E-state index contributed by atoms with van der Waals surface area (Å²) in [5.74, 6) is -0.188. The van der Waals surface area contributed by atoms with Gasteiger partial charge in [0.05, 0.1) is 0 Å². The Morgan fingerprint density at radius 1 is 1.12 bits per heavy atom. The molecule has 0 saturated carbocycles. The van der Waals surface area contributed by atoms with Crippen molar-refractivity contribution >= 4 is 17.5 Å². The van der Waals surface area contributed by atoms with E-state index in [0.717, 1.165) is 17.7 Å². The molecule has 124 valence electrons. The Morgan fingerprint density at radius 2 is 1.83 bits per heavy atom. The summed E-state index contributed by atoms with van der Waals surface area (Å²) in [6, 6.07) is 15.6. The van der Waals surface area contributed by atoms with Crippen molar-refractivity contribution in [2.24, 2.45) is 0 Å². The van der Waals surface area contributed by atoms with Crippen LogP contribution in [0.1, 0.15) is 23.6 Å². The summed E-state index contributed by atoms with van der Waals surface area (Å²) in [7, 11) is 0. The molecule has 0 fully saturated rings. The summed E-state index contributed by atoms with van der Waals surface area (Å²) in [5, 5.41) is 2.97. The van der Waals surface area contributed by atoms with E-state index in [9.17, 15) is 9.59 Å². The van der Waals surface area contributed by atoms with Gasteiger partial charge in [-0.3, -0.25) is 14.5 Å². The van der Waals surface area contributed by atoms with Gasteiger partial charge in [0.15, 0.2) is 0 Å². The molecule has 0 radical (unpaired) electrons. The predicted octanol–water partition coefficient (Wildman–Crippen LogP) is 2.63. The Hall–Kier alpha value is -2.62. The molecule has 0 saturated heterocycles. The van der Waals surface area contributed by atoms with Gasteiger partial charge in [-0.15, -0.1) is 0 Å². The van der Waals surface area contributed by atoms with Crippen molar-refractivity contribution in [3.05, 3.63) is 65.2 Å². The van der Waals surface area contributed by atoms with Crippen LogP contribution in [0.5, 0.6) is 0 Å². The Labute approximate surface area is 142 Å². The van der Waals surface area contributed by atoms with Gasteiger partial charge in [-0.1, -0.05) is 48.0 Å². The van der Waals surface area contributed by atoms with Crippen molar-refractivity contribution < 1.29 is 9.59 Å². The van der Waals surface area contributed by atoms with E-state index in [0.29, 0.717) is 13.0 Å². The van der Waals surface area contributed by atoms with Crippen molar-refractivity contribution in [1.82, 2.24) is 5.32 Å². The maximum absolute atomic E-state index is 12.6. The molecule has 0 aromatic heterocycles. The van der Waals surface area contributed by atoms with Gasteiger partial charge in [-0.2, -0.15) is 0 Å². The number of benzene rings is 2.